The first-order valence-electron chi connectivity index (χ1n) is 10.7. The second kappa shape index (κ2) is 9.51. The standard InChI is InChI=1S/C23H28FN3O4/c1-30-21-5-4-16(11-20(21)24)13-26-8-6-18(7-9-26)25-23(29)17-12-22(28)27(14-17)15-19-3-2-10-31-19/h2-5,10-11,17-18H,6-9,12-15H2,1H3,(H,25,29). The number of methoxy groups -OCH3 is 1. The maximum atomic E-state index is 13.9. The number of hydrogen-bond acceptors (Lipinski definition) is 5. The number of piperidine rings is 1. The molecule has 166 valence electrons. The van der Waals surface area contributed by atoms with E-state index in [2.05, 4.69) is 10.2 Å². The minimum atomic E-state index is -0.352. The monoisotopic (exact) mass is 429 g/mol. The van der Waals surface area contributed by atoms with Gasteiger partial charge in [0.25, 0.3) is 0 Å². The van der Waals surface area contributed by atoms with Gasteiger partial charge in [0.1, 0.15) is 5.76 Å². The molecule has 2 saturated heterocycles. The number of carbonyl (C=O) groups excluding carboxylic acids is 2. The molecule has 3 heterocycles. The topological polar surface area (TPSA) is 75.0 Å². The number of hydrogen-bond donors (Lipinski definition) is 1. The van der Waals surface area contributed by atoms with E-state index >= 15 is 0 Å². The average Bonchev–Trinajstić information content (AvgIpc) is 3.40. The summed E-state index contributed by atoms with van der Waals surface area (Å²) < 4.78 is 24.2. The molecule has 0 radical (unpaired) electrons. The molecule has 1 N–H and O–H groups in total. The summed E-state index contributed by atoms with van der Waals surface area (Å²) >= 11 is 0. The summed E-state index contributed by atoms with van der Waals surface area (Å²) in [7, 11) is 1.45. The summed E-state index contributed by atoms with van der Waals surface area (Å²) in [6.45, 7) is 3.15. The molecule has 31 heavy (non-hydrogen) atoms. The van der Waals surface area contributed by atoms with Gasteiger partial charge in [-0.25, -0.2) is 4.39 Å². The fourth-order valence-corrected chi connectivity index (χ4v) is 4.31. The number of likely N-dealkylation sites (tertiary alicyclic amines) is 2. The van der Waals surface area contributed by atoms with Crippen molar-refractivity contribution < 1.29 is 23.1 Å². The minimum Gasteiger partial charge on any atom is -0.494 e. The van der Waals surface area contributed by atoms with Gasteiger partial charge in [0.15, 0.2) is 11.6 Å². The number of nitrogens with one attached hydrogen (secondary N) is 1. The molecule has 1 aromatic heterocycles. The first-order chi connectivity index (χ1) is 15.0. The molecular formula is C23H28FN3O4. The lowest BCUT2D eigenvalue weighted by molar-refractivity contribution is -0.129. The Morgan fingerprint density at radius 3 is 2.74 bits per heavy atom. The molecule has 2 fully saturated rings. The van der Waals surface area contributed by atoms with E-state index in [-0.39, 0.29) is 41.8 Å². The molecule has 0 spiro atoms. The van der Waals surface area contributed by atoms with Crippen LogP contribution in [0.1, 0.15) is 30.6 Å². The Morgan fingerprint density at radius 2 is 2.06 bits per heavy atom. The Kier molecular flexibility index (Phi) is 6.56. The number of benzene rings is 1. The van der Waals surface area contributed by atoms with Gasteiger partial charge in [-0.1, -0.05) is 6.07 Å². The van der Waals surface area contributed by atoms with Crippen LogP contribution in [0.5, 0.6) is 5.75 Å². The normalized spacial score (nSPS) is 20.3. The molecule has 2 aliphatic heterocycles. The molecule has 1 unspecified atom stereocenters. The van der Waals surface area contributed by atoms with Crippen LogP contribution in [0, 0.1) is 11.7 Å². The van der Waals surface area contributed by atoms with Gasteiger partial charge in [0, 0.05) is 38.6 Å². The zero-order valence-corrected chi connectivity index (χ0v) is 17.7. The highest BCUT2D eigenvalue weighted by Crippen LogP contribution is 2.23. The number of nitrogens with zero attached hydrogens (tertiary/aromatic N) is 2. The highest BCUT2D eigenvalue weighted by molar-refractivity contribution is 5.89. The van der Waals surface area contributed by atoms with E-state index in [1.807, 2.05) is 12.1 Å². The summed E-state index contributed by atoms with van der Waals surface area (Å²) in [4.78, 5) is 28.9. The number of furan rings is 1. The molecule has 4 rings (SSSR count). The second-order valence-electron chi connectivity index (χ2n) is 8.28. The predicted octanol–water partition coefficient (Wildman–Crippen LogP) is 2.56. The summed E-state index contributed by atoms with van der Waals surface area (Å²) in [5, 5.41) is 3.12. The van der Waals surface area contributed by atoms with Gasteiger partial charge in [-0.2, -0.15) is 0 Å². The van der Waals surface area contributed by atoms with Crippen LogP contribution in [-0.4, -0.2) is 54.4 Å². The Morgan fingerprint density at radius 1 is 1.26 bits per heavy atom. The fourth-order valence-electron chi connectivity index (χ4n) is 4.31. The van der Waals surface area contributed by atoms with E-state index < -0.39 is 0 Å². The number of amides is 2. The van der Waals surface area contributed by atoms with Crippen molar-refractivity contribution in [1.82, 2.24) is 15.1 Å². The minimum absolute atomic E-state index is 0.0157. The van der Waals surface area contributed by atoms with Gasteiger partial charge >= 0.3 is 0 Å². The Balaban J connectivity index is 1.22. The number of carbonyl (C=O) groups is 2. The van der Waals surface area contributed by atoms with Crippen LogP contribution in [0.4, 0.5) is 4.39 Å². The quantitative estimate of drug-likeness (QED) is 0.732. The first kappa shape index (κ1) is 21.4. The Labute approximate surface area is 181 Å². The number of ether oxygens (including phenoxy) is 1. The third kappa shape index (κ3) is 5.25. The Hall–Kier alpha value is -2.87. The van der Waals surface area contributed by atoms with E-state index in [1.165, 1.54) is 13.2 Å². The summed E-state index contributed by atoms with van der Waals surface area (Å²) in [5.41, 5.74) is 0.905. The van der Waals surface area contributed by atoms with Crippen LogP contribution in [0.2, 0.25) is 0 Å². The van der Waals surface area contributed by atoms with Crippen molar-refractivity contribution in [2.45, 2.75) is 38.4 Å². The molecule has 0 saturated carbocycles. The van der Waals surface area contributed by atoms with Crippen LogP contribution in [0.15, 0.2) is 41.0 Å². The van der Waals surface area contributed by atoms with Crippen LogP contribution in [0.3, 0.4) is 0 Å². The molecule has 0 aliphatic carbocycles. The van der Waals surface area contributed by atoms with Crippen molar-refractivity contribution in [3.05, 3.63) is 53.7 Å². The summed E-state index contributed by atoms with van der Waals surface area (Å²) in [6.07, 6.45) is 3.49. The van der Waals surface area contributed by atoms with E-state index in [0.29, 0.717) is 19.6 Å². The smallest absolute Gasteiger partial charge is 0.225 e. The number of halogens is 1. The average molecular weight is 429 g/mol. The molecule has 0 bridgehead atoms. The summed E-state index contributed by atoms with van der Waals surface area (Å²) in [5.74, 6) is 0.234. The zero-order chi connectivity index (χ0) is 21.8. The lowest BCUT2D eigenvalue weighted by atomic mass is 10.0. The van der Waals surface area contributed by atoms with Gasteiger partial charge in [0.2, 0.25) is 11.8 Å². The van der Waals surface area contributed by atoms with E-state index in [4.69, 9.17) is 9.15 Å². The maximum Gasteiger partial charge on any atom is 0.225 e. The van der Waals surface area contributed by atoms with Crippen molar-refractivity contribution in [2.24, 2.45) is 5.92 Å². The van der Waals surface area contributed by atoms with Crippen molar-refractivity contribution in [1.29, 1.82) is 0 Å². The van der Waals surface area contributed by atoms with Crippen molar-refractivity contribution in [2.75, 3.05) is 26.7 Å². The molecule has 2 aromatic rings. The van der Waals surface area contributed by atoms with Gasteiger partial charge in [-0.3, -0.25) is 14.5 Å². The third-order valence-electron chi connectivity index (χ3n) is 6.07. The highest BCUT2D eigenvalue weighted by Gasteiger charge is 2.35. The summed E-state index contributed by atoms with van der Waals surface area (Å²) in [6, 6.07) is 8.76. The predicted molar refractivity (Wildman–Crippen MR) is 112 cm³/mol. The molecule has 7 nitrogen and oxygen atoms in total. The molecule has 8 heteroatoms. The van der Waals surface area contributed by atoms with Crippen molar-refractivity contribution in [3.63, 3.8) is 0 Å². The van der Waals surface area contributed by atoms with Crippen LogP contribution >= 0.6 is 0 Å². The van der Waals surface area contributed by atoms with Gasteiger partial charge in [-0.15, -0.1) is 0 Å². The van der Waals surface area contributed by atoms with Crippen LogP contribution in [0.25, 0.3) is 0 Å². The van der Waals surface area contributed by atoms with E-state index in [1.54, 1.807) is 23.3 Å². The fraction of sp³-hybridized carbons (Fsp3) is 0.478. The largest absolute Gasteiger partial charge is 0.494 e. The van der Waals surface area contributed by atoms with Crippen LogP contribution in [-0.2, 0) is 22.7 Å². The SMILES string of the molecule is COc1ccc(CN2CCC(NC(=O)C3CC(=O)N(Cc4ccco4)C3)CC2)cc1F. The maximum absolute atomic E-state index is 13.9. The third-order valence-corrected chi connectivity index (χ3v) is 6.07. The highest BCUT2D eigenvalue weighted by atomic mass is 19.1. The zero-order valence-electron chi connectivity index (χ0n) is 17.7. The lowest BCUT2D eigenvalue weighted by Crippen LogP contribution is -2.46. The number of rotatable bonds is 7. The molecule has 1 atom stereocenters. The molecule has 1 aromatic carbocycles. The van der Waals surface area contributed by atoms with E-state index in [9.17, 15) is 14.0 Å². The Bertz CT molecular complexity index is 910. The van der Waals surface area contributed by atoms with E-state index in [0.717, 1.165) is 37.3 Å². The van der Waals surface area contributed by atoms with Gasteiger partial charge in [0.05, 0.1) is 25.8 Å². The second-order valence-corrected chi connectivity index (χ2v) is 8.28. The lowest BCUT2D eigenvalue weighted by Gasteiger charge is -2.32. The molecule has 2 aliphatic rings. The molecule has 2 amide bonds. The van der Waals surface area contributed by atoms with Gasteiger partial charge in [-0.05, 0) is 42.7 Å². The van der Waals surface area contributed by atoms with Crippen LogP contribution < -0.4 is 10.1 Å². The van der Waals surface area contributed by atoms with Gasteiger partial charge < -0.3 is 19.4 Å². The molecular weight excluding hydrogens is 401 g/mol. The van der Waals surface area contributed by atoms with Crippen molar-refractivity contribution >= 4 is 11.8 Å². The first-order valence-corrected chi connectivity index (χ1v) is 10.7. The van der Waals surface area contributed by atoms with Crippen molar-refractivity contribution in [3.8, 4) is 5.75 Å².